The summed E-state index contributed by atoms with van der Waals surface area (Å²) in [6, 6.07) is 6.54. The van der Waals surface area contributed by atoms with Crippen LogP contribution in [-0.2, 0) is 12.8 Å². The third kappa shape index (κ3) is 2.50. The minimum atomic E-state index is 0.555. The molecular weight excluding hydrogens is 222 g/mol. The number of aryl methyl sites for hydroxylation is 2. The normalized spacial score (nSPS) is 19.4. The quantitative estimate of drug-likeness (QED) is 0.633. The van der Waals surface area contributed by atoms with Crippen LogP contribution in [0.2, 0.25) is 0 Å². The van der Waals surface area contributed by atoms with Gasteiger partial charge in [-0.15, -0.1) is 0 Å². The van der Waals surface area contributed by atoms with Crippen LogP contribution in [-0.4, -0.2) is 12.5 Å². The zero-order chi connectivity index (χ0) is 12.4. The molecule has 0 radical (unpaired) electrons. The fourth-order valence-electron chi connectivity index (χ4n) is 2.74. The molecule has 3 N–H and O–H groups in total. The van der Waals surface area contributed by atoms with E-state index >= 15 is 0 Å². The van der Waals surface area contributed by atoms with Gasteiger partial charge in [0.25, 0.3) is 0 Å². The van der Waals surface area contributed by atoms with Crippen LogP contribution in [0.1, 0.15) is 36.8 Å². The summed E-state index contributed by atoms with van der Waals surface area (Å²) in [5.74, 6) is 1.32. The van der Waals surface area contributed by atoms with Gasteiger partial charge in [0.05, 0.1) is 0 Å². The van der Waals surface area contributed by atoms with Crippen molar-refractivity contribution in [3.8, 4) is 0 Å². The van der Waals surface area contributed by atoms with Crippen molar-refractivity contribution in [3.63, 3.8) is 0 Å². The van der Waals surface area contributed by atoms with Crippen molar-refractivity contribution in [2.45, 2.75) is 38.5 Å². The molecule has 1 aromatic rings. The molecule has 0 unspecified atom stereocenters. The third-order valence-corrected chi connectivity index (χ3v) is 4.12. The number of hydrogen-bond acceptors (Lipinski definition) is 1. The van der Waals surface area contributed by atoms with E-state index in [4.69, 9.17) is 5.73 Å². The summed E-state index contributed by atoms with van der Waals surface area (Å²) in [4.78, 5) is 4.42. The molecule has 0 amide bonds. The van der Waals surface area contributed by atoms with Crippen molar-refractivity contribution in [1.82, 2.24) is 0 Å². The van der Waals surface area contributed by atoms with E-state index in [0.29, 0.717) is 5.96 Å². The van der Waals surface area contributed by atoms with Gasteiger partial charge in [0.15, 0.2) is 5.96 Å². The van der Waals surface area contributed by atoms with Crippen LogP contribution in [0.4, 0.5) is 5.69 Å². The van der Waals surface area contributed by atoms with Gasteiger partial charge in [-0.2, -0.15) is 0 Å². The largest absolute Gasteiger partial charge is 0.370 e. The van der Waals surface area contributed by atoms with Crippen molar-refractivity contribution in [2.75, 3.05) is 11.9 Å². The maximum Gasteiger partial charge on any atom is 0.193 e. The SMILES string of the molecule is NC(=NCC1CCC1)Nc1ccc2c(c1)CCC2. The van der Waals surface area contributed by atoms with E-state index in [0.717, 1.165) is 18.2 Å². The summed E-state index contributed by atoms with van der Waals surface area (Å²) in [5.41, 5.74) is 9.95. The van der Waals surface area contributed by atoms with Crippen LogP contribution < -0.4 is 11.1 Å². The average molecular weight is 243 g/mol. The first kappa shape index (κ1) is 11.6. The minimum Gasteiger partial charge on any atom is -0.370 e. The minimum absolute atomic E-state index is 0.555. The first-order valence-corrected chi connectivity index (χ1v) is 7.00. The van der Waals surface area contributed by atoms with Gasteiger partial charge in [-0.3, -0.25) is 4.99 Å². The predicted octanol–water partition coefficient (Wildman–Crippen LogP) is 2.70. The summed E-state index contributed by atoms with van der Waals surface area (Å²) in [6.45, 7) is 0.879. The van der Waals surface area contributed by atoms with Crippen LogP contribution in [0.3, 0.4) is 0 Å². The molecule has 18 heavy (non-hydrogen) atoms. The molecule has 0 atom stereocenters. The summed E-state index contributed by atoms with van der Waals surface area (Å²) in [6.07, 6.45) is 7.69. The molecule has 1 fully saturated rings. The van der Waals surface area contributed by atoms with E-state index in [1.54, 1.807) is 0 Å². The lowest BCUT2D eigenvalue weighted by molar-refractivity contribution is 0.326. The number of aliphatic imine (C=N–C) groups is 1. The maximum atomic E-state index is 5.92. The monoisotopic (exact) mass is 243 g/mol. The van der Waals surface area contributed by atoms with Gasteiger partial charge in [-0.1, -0.05) is 12.5 Å². The van der Waals surface area contributed by atoms with Crippen molar-refractivity contribution >= 4 is 11.6 Å². The Bertz CT molecular complexity index is 461. The molecule has 2 aliphatic carbocycles. The van der Waals surface area contributed by atoms with E-state index in [1.165, 1.54) is 49.7 Å². The highest BCUT2D eigenvalue weighted by molar-refractivity contribution is 5.92. The number of rotatable bonds is 3. The molecule has 3 rings (SSSR count). The molecule has 3 heteroatoms. The highest BCUT2D eigenvalue weighted by Crippen LogP contribution is 2.26. The van der Waals surface area contributed by atoms with Crippen LogP contribution in [0.5, 0.6) is 0 Å². The molecule has 0 bridgehead atoms. The number of nitrogens with zero attached hydrogens (tertiary/aromatic N) is 1. The molecule has 1 aromatic carbocycles. The summed E-state index contributed by atoms with van der Waals surface area (Å²) in [5, 5.41) is 3.20. The molecule has 96 valence electrons. The van der Waals surface area contributed by atoms with Gasteiger partial charge in [-0.05, 0) is 61.3 Å². The van der Waals surface area contributed by atoms with Gasteiger partial charge >= 0.3 is 0 Å². The van der Waals surface area contributed by atoms with Gasteiger partial charge in [-0.25, -0.2) is 0 Å². The summed E-state index contributed by atoms with van der Waals surface area (Å²) in [7, 11) is 0. The lowest BCUT2D eigenvalue weighted by Gasteiger charge is -2.23. The Labute approximate surface area is 108 Å². The molecule has 3 nitrogen and oxygen atoms in total. The second kappa shape index (κ2) is 5.01. The van der Waals surface area contributed by atoms with E-state index in [2.05, 4.69) is 28.5 Å². The van der Waals surface area contributed by atoms with Crippen molar-refractivity contribution in [1.29, 1.82) is 0 Å². The fraction of sp³-hybridized carbons (Fsp3) is 0.533. The van der Waals surface area contributed by atoms with Crippen molar-refractivity contribution in [3.05, 3.63) is 29.3 Å². The predicted molar refractivity (Wildman–Crippen MR) is 75.9 cm³/mol. The van der Waals surface area contributed by atoms with Crippen LogP contribution in [0.15, 0.2) is 23.2 Å². The standard InChI is InChI=1S/C15H21N3/c16-15(17-10-11-3-1-4-11)18-14-8-7-12-5-2-6-13(12)9-14/h7-9,11H,1-6,10H2,(H3,16,17,18). The first-order valence-electron chi connectivity index (χ1n) is 7.00. The summed E-state index contributed by atoms with van der Waals surface area (Å²) >= 11 is 0. The lowest BCUT2D eigenvalue weighted by Crippen LogP contribution is -2.25. The molecule has 0 spiro atoms. The lowest BCUT2D eigenvalue weighted by atomic mass is 9.86. The Morgan fingerprint density at radius 2 is 2.06 bits per heavy atom. The van der Waals surface area contributed by atoms with Gasteiger partial charge < -0.3 is 11.1 Å². The molecule has 0 aromatic heterocycles. The zero-order valence-electron chi connectivity index (χ0n) is 10.8. The van der Waals surface area contributed by atoms with E-state index in [1.807, 2.05) is 0 Å². The van der Waals surface area contributed by atoms with Crippen molar-refractivity contribution < 1.29 is 0 Å². The number of nitrogens with one attached hydrogen (secondary N) is 1. The van der Waals surface area contributed by atoms with Crippen LogP contribution in [0, 0.1) is 5.92 Å². The van der Waals surface area contributed by atoms with Gasteiger partial charge in [0, 0.05) is 12.2 Å². The van der Waals surface area contributed by atoms with Crippen LogP contribution in [0.25, 0.3) is 0 Å². The molecule has 0 saturated heterocycles. The highest BCUT2D eigenvalue weighted by Gasteiger charge is 2.16. The van der Waals surface area contributed by atoms with Crippen LogP contribution >= 0.6 is 0 Å². The van der Waals surface area contributed by atoms with E-state index < -0.39 is 0 Å². The number of nitrogens with two attached hydrogens (primary N) is 1. The zero-order valence-corrected chi connectivity index (χ0v) is 10.8. The number of guanidine groups is 1. The molecule has 2 aliphatic rings. The second-order valence-corrected chi connectivity index (χ2v) is 5.48. The maximum absolute atomic E-state index is 5.92. The Morgan fingerprint density at radius 3 is 2.83 bits per heavy atom. The van der Waals surface area contributed by atoms with Gasteiger partial charge in [0.2, 0.25) is 0 Å². The van der Waals surface area contributed by atoms with E-state index in [-0.39, 0.29) is 0 Å². The average Bonchev–Trinajstić information content (AvgIpc) is 2.74. The molecule has 0 aliphatic heterocycles. The van der Waals surface area contributed by atoms with Crippen molar-refractivity contribution in [2.24, 2.45) is 16.6 Å². The van der Waals surface area contributed by atoms with Gasteiger partial charge in [0.1, 0.15) is 0 Å². The highest BCUT2D eigenvalue weighted by atomic mass is 15.1. The Morgan fingerprint density at radius 1 is 1.22 bits per heavy atom. The topological polar surface area (TPSA) is 50.4 Å². The number of hydrogen-bond donors (Lipinski definition) is 2. The molecule has 1 saturated carbocycles. The Hall–Kier alpha value is -1.51. The fourth-order valence-corrected chi connectivity index (χ4v) is 2.74. The first-order chi connectivity index (χ1) is 8.81. The molecule has 0 heterocycles. The summed E-state index contributed by atoms with van der Waals surface area (Å²) < 4.78 is 0. The smallest absolute Gasteiger partial charge is 0.193 e. The number of fused-ring (bicyclic) bond motifs is 1. The third-order valence-electron chi connectivity index (χ3n) is 4.12. The van der Waals surface area contributed by atoms with E-state index in [9.17, 15) is 0 Å². The molecular formula is C15H21N3. The number of anilines is 1. The number of benzene rings is 1. The Kier molecular flexibility index (Phi) is 3.22. The second-order valence-electron chi connectivity index (χ2n) is 5.48. The Balaban J connectivity index is 1.61.